The van der Waals surface area contributed by atoms with Crippen molar-refractivity contribution >= 4 is 5.97 Å². The Hall–Kier alpha value is -1.81. The second-order valence-electron chi connectivity index (χ2n) is 6.32. The van der Waals surface area contributed by atoms with Gasteiger partial charge in [0.05, 0.1) is 0 Å². The van der Waals surface area contributed by atoms with Crippen molar-refractivity contribution in [2.45, 2.75) is 38.7 Å². The van der Waals surface area contributed by atoms with Gasteiger partial charge in [0.1, 0.15) is 18.5 Å². The first-order chi connectivity index (χ1) is 11.2. The van der Waals surface area contributed by atoms with Crippen molar-refractivity contribution in [1.29, 1.82) is 0 Å². The molecule has 0 radical (unpaired) electrons. The summed E-state index contributed by atoms with van der Waals surface area (Å²) in [5.74, 6) is 0.682. The van der Waals surface area contributed by atoms with Gasteiger partial charge in [-0.15, -0.1) is 0 Å². The van der Waals surface area contributed by atoms with Gasteiger partial charge in [0.25, 0.3) is 0 Å². The van der Waals surface area contributed by atoms with Crippen LogP contribution in [-0.2, 0) is 22.4 Å². The predicted molar refractivity (Wildman–Crippen MR) is 89.7 cm³/mol. The first-order valence-corrected chi connectivity index (χ1v) is 8.50. The van der Waals surface area contributed by atoms with Crippen molar-refractivity contribution in [3.05, 3.63) is 41.5 Å². The number of rotatable bonds is 6. The lowest BCUT2D eigenvalue weighted by atomic mass is 9.96. The third kappa shape index (κ3) is 4.35. The lowest BCUT2D eigenvalue weighted by Gasteiger charge is -2.24. The summed E-state index contributed by atoms with van der Waals surface area (Å²) in [6.45, 7) is 4.81. The summed E-state index contributed by atoms with van der Waals surface area (Å²) in [6.07, 6.45) is 8.51. The molecule has 1 saturated heterocycles. The molecule has 4 heteroatoms. The molecule has 0 N–H and O–H groups in total. The van der Waals surface area contributed by atoms with Gasteiger partial charge in [0, 0.05) is 19.0 Å². The van der Waals surface area contributed by atoms with Crippen LogP contribution in [0.15, 0.2) is 30.4 Å². The number of hydrogen-bond donors (Lipinski definition) is 0. The monoisotopic (exact) mass is 315 g/mol. The van der Waals surface area contributed by atoms with Crippen molar-refractivity contribution in [3.63, 3.8) is 0 Å². The largest absolute Gasteiger partial charge is 0.489 e. The number of ether oxygens (including phenoxy) is 2. The standard InChI is InChI=1S/C19H25NO3/c1-15(21)23-17(13-20-11-4-5-12-20)14-22-19-10-6-8-16-7-2-3-9-18(16)19/h2-3,6,8,10,17H,4-5,7,9,11-14H2,1H3. The maximum absolute atomic E-state index is 11.4. The van der Waals surface area contributed by atoms with Crippen molar-refractivity contribution < 1.29 is 14.3 Å². The predicted octanol–water partition coefficient (Wildman–Crippen LogP) is 2.75. The maximum atomic E-state index is 11.4. The summed E-state index contributed by atoms with van der Waals surface area (Å²) in [7, 11) is 0. The highest BCUT2D eigenvalue weighted by Crippen LogP contribution is 2.27. The number of likely N-dealkylation sites (tertiary alicyclic amines) is 1. The average molecular weight is 315 g/mol. The highest BCUT2D eigenvalue weighted by atomic mass is 16.6. The van der Waals surface area contributed by atoms with Crippen LogP contribution in [-0.4, -0.2) is 43.2 Å². The Kier molecular flexibility index (Phi) is 5.34. The highest BCUT2D eigenvalue weighted by Gasteiger charge is 2.21. The molecule has 0 aromatic heterocycles. The molecule has 2 aliphatic rings. The molecule has 0 bridgehead atoms. The van der Waals surface area contributed by atoms with E-state index in [1.807, 2.05) is 12.1 Å². The molecule has 0 spiro atoms. The van der Waals surface area contributed by atoms with Crippen molar-refractivity contribution in [2.24, 2.45) is 0 Å². The molecule has 1 aromatic carbocycles. The van der Waals surface area contributed by atoms with E-state index in [9.17, 15) is 4.79 Å². The quantitative estimate of drug-likeness (QED) is 0.598. The molecule has 1 atom stereocenters. The number of esters is 1. The SMILES string of the molecule is CC(=O)OC(COc1cccc2c1CC=CC2)CN1CCCC1. The molecule has 1 fully saturated rings. The van der Waals surface area contributed by atoms with Gasteiger partial charge in [0.2, 0.25) is 0 Å². The first kappa shape index (κ1) is 16.1. The molecule has 124 valence electrons. The van der Waals surface area contributed by atoms with Gasteiger partial charge in [-0.3, -0.25) is 9.69 Å². The van der Waals surface area contributed by atoms with Crippen LogP contribution in [0, 0.1) is 0 Å². The van der Waals surface area contributed by atoms with Crippen LogP contribution in [0.5, 0.6) is 5.75 Å². The van der Waals surface area contributed by atoms with Crippen molar-refractivity contribution in [2.75, 3.05) is 26.2 Å². The first-order valence-electron chi connectivity index (χ1n) is 8.50. The second kappa shape index (κ2) is 7.64. The van der Waals surface area contributed by atoms with E-state index in [1.165, 1.54) is 30.9 Å². The number of benzene rings is 1. The molecule has 4 nitrogen and oxygen atoms in total. The number of carbonyl (C=O) groups excluding carboxylic acids is 1. The lowest BCUT2D eigenvalue weighted by Crippen LogP contribution is -2.37. The average Bonchev–Trinajstić information content (AvgIpc) is 3.05. The lowest BCUT2D eigenvalue weighted by molar-refractivity contribution is -0.148. The summed E-state index contributed by atoms with van der Waals surface area (Å²) in [5.41, 5.74) is 2.59. The van der Waals surface area contributed by atoms with E-state index >= 15 is 0 Å². The third-order valence-corrected chi connectivity index (χ3v) is 4.47. The Morgan fingerprint density at radius 3 is 2.78 bits per heavy atom. The van der Waals surface area contributed by atoms with Crippen LogP contribution >= 0.6 is 0 Å². The van der Waals surface area contributed by atoms with Crippen LogP contribution in [0.3, 0.4) is 0 Å². The second-order valence-corrected chi connectivity index (χ2v) is 6.32. The zero-order valence-corrected chi connectivity index (χ0v) is 13.8. The van der Waals surface area contributed by atoms with E-state index in [0.717, 1.165) is 38.2 Å². The van der Waals surface area contributed by atoms with E-state index in [2.05, 4.69) is 23.1 Å². The maximum Gasteiger partial charge on any atom is 0.303 e. The van der Waals surface area contributed by atoms with Crippen LogP contribution < -0.4 is 4.74 Å². The molecular formula is C19H25NO3. The fraction of sp³-hybridized carbons (Fsp3) is 0.526. The molecule has 23 heavy (non-hydrogen) atoms. The number of allylic oxidation sites excluding steroid dienone is 2. The molecule has 1 aromatic rings. The fourth-order valence-corrected chi connectivity index (χ4v) is 3.38. The fourth-order valence-electron chi connectivity index (χ4n) is 3.38. The molecule has 1 unspecified atom stereocenters. The Morgan fingerprint density at radius 1 is 1.22 bits per heavy atom. The molecular weight excluding hydrogens is 290 g/mol. The summed E-state index contributed by atoms with van der Waals surface area (Å²) < 4.78 is 11.5. The smallest absolute Gasteiger partial charge is 0.303 e. The molecule has 0 saturated carbocycles. The van der Waals surface area contributed by atoms with Crippen LogP contribution in [0.2, 0.25) is 0 Å². The minimum absolute atomic E-state index is 0.208. The van der Waals surface area contributed by atoms with Crippen LogP contribution in [0.1, 0.15) is 30.9 Å². The van der Waals surface area contributed by atoms with E-state index in [-0.39, 0.29) is 12.1 Å². The van der Waals surface area contributed by atoms with Gasteiger partial charge in [-0.2, -0.15) is 0 Å². The highest BCUT2D eigenvalue weighted by molar-refractivity contribution is 5.66. The summed E-state index contributed by atoms with van der Waals surface area (Å²) in [5, 5.41) is 0. The van der Waals surface area contributed by atoms with E-state index < -0.39 is 0 Å². The van der Waals surface area contributed by atoms with Gasteiger partial charge >= 0.3 is 5.97 Å². The number of fused-ring (bicyclic) bond motifs is 1. The van der Waals surface area contributed by atoms with E-state index in [4.69, 9.17) is 9.47 Å². The van der Waals surface area contributed by atoms with Crippen molar-refractivity contribution in [1.82, 2.24) is 4.90 Å². The Bertz CT molecular complexity index is 576. The minimum atomic E-state index is -0.240. The molecule has 1 aliphatic carbocycles. The molecule has 3 rings (SSSR count). The molecule has 1 aliphatic heterocycles. The molecule has 1 heterocycles. The Balaban J connectivity index is 1.63. The number of hydrogen-bond acceptors (Lipinski definition) is 4. The number of nitrogens with zero attached hydrogens (tertiary/aromatic N) is 1. The minimum Gasteiger partial charge on any atom is -0.489 e. The Morgan fingerprint density at radius 2 is 2.00 bits per heavy atom. The topological polar surface area (TPSA) is 38.8 Å². The molecule has 0 amide bonds. The third-order valence-electron chi connectivity index (χ3n) is 4.47. The zero-order valence-electron chi connectivity index (χ0n) is 13.8. The zero-order chi connectivity index (χ0) is 16.1. The summed E-state index contributed by atoms with van der Waals surface area (Å²) in [4.78, 5) is 13.7. The van der Waals surface area contributed by atoms with E-state index in [0.29, 0.717) is 6.61 Å². The van der Waals surface area contributed by atoms with Crippen LogP contribution in [0.25, 0.3) is 0 Å². The normalized spacial score (nSPS) is 18.5. The van der Waals surface area contributed by atoms with E-state index in [1.54, 1.807) is 0 Å². The van der Waals surface area contributed by atoms with Crippen molar-refractivity contribution in [3.8, 4) is 5.75 Å². The van der Waals surface area contributed by atoms with Crippen LogP contribution in [0.4, 0.5) is 0 Å². The van der Waals surface area contributed by atoms with Gasteiger partial charge in [0.15, 0.2) is 0 Å². The van der Waals surface area contributed by atoms with Gasteiger partial charge in [-0.05, 0) is 50.4 Å². The van der Waals surface area contributed by atoms with Gasteiger partial charge in [-0.1, -0.05) is 24.3 Å². The van der Waals surface area contributed by atoms with Gasteiger partial charge in [-0.25, -0.2) is 0 Å². The van der Waals surface area contributed by atoms with Gasteiger partial charge < -0.3 is 9.47 Å². The summed E-state index contributed by atoms with van der Waals surface area (Å²) >= 11 is 0. The number of carbonyl (C=O) groups is 1. The Labute approximate surface area is 138 Å². The summed E-state index contributed by atoms with van der Waals surface area (Å²) in [6, 6.07) is 6.20.